The minimum absolute atomic E-state index is 0.270. The molecule has 2 unspecified atom stereocenters. The number of carboxylic acid groups (broad SMARTS) is 1. The predicted molar refractivity (Wildman–Crippen MR) is 51.7 cm³/mol. The van der Waals surface area contributed by atoms with Crippen LogP contribution in [0.15, 0.2) is 0 Å². The van der Waals surface area contributed by atoms with Crippen LogP contribution in [0.2, 0.25) is 0 Å². The van der Waals surface area contributed by atoms with Crippen LogP contribution in [0.3, 0.4) is 0 Å². The van der Waals surface area contributed by atoms with E-state index in [1.165, 1.54) is 6.42 Å². The molecule has 0 spiro atoms. The maximum absolute atomic E-state index is 10.6. The van der Waals surface area contributed by atoms with E-state index in [1.807, 2.05) is 0 Å². The second-order valence-electron chi connectivity index (χ2n) is 3.92. The fourth-order valence-corrected chi connectivity index (χ4v) is 2.00. The van der Waals surface area contributed by atoms with E-state index in [-0.39, 0.29) is 6.04 Å². The summed E-state index contributed by atoms with van der Waals surface area (Å²) in [7, 11) is 0. The van der Waals surface area contributed by atoms with E-state index >= 15 is 0 Å². The van der Waals surface area contributed by atoms with Gasteiger partial charge in [-0.3, -0.25) is 9.69 Å². The van der Waals surface area contributed by atoms with E-state index in [9.17, 15) is 4.79 Å². The molecule has 3 nitrogen and oxygen atoms in total. The van der Waals surface area contributed by atoms with Crippen molar-refractivity contribution < 1.29 is 9.90 Å². The Morgan fingerprint density at radius 1 is 1.69 bits per heavy atom. The van der Waals surface area contributed by atoms with Crippen molar-refractivity contribution in [2.75, 3.05) is 6.54 Å². The van der Waals surface area contributed by atoms with Crippen LogP contribution >= 0.6 is 0 Å². The van der Waals surface area contributed by atoms with E-state index in [1.54, 1.807) is 0 Å². The summed E-state index contributed by atoms with van der Waals surface area (Å²) in [5.74, 6) is -0.669. The van der Waals surface area contributed by atoms with E-state index in [0.717, 1.165) is 19.4 Å². The Labute approximate surface area is 79.7 Å². The molecule has 2 atom stereocenters. The first-order valence-corrected chi connectivity index (χ1v) is 5.12. The average molecular weight is 185 g/mol. The summed E-state index contributed by atoms with van der Waals surface area (Å²) in [6, 6.07) is 0.863. The molecular weight excluding hydrogens is 166 g/mol. The maximum Gasteiger partial charge on any atom is 0.304 e. The van der Waals surface area contributed by atoms with Crippen LogP contribution in [0, 0.1) is 0 Å². The van der Waals surface area contributed by atoms with Gasteiger partial charge in [0.25, 0.3) is 0 Å². The van der Waals surface area contributed by atoms with E-state index in [2.05, 4.69) is 18.7 Å². The molecule has 0 aromatic rings. The lowest BCUT2D eigenvalue weighted by Crippen LogP contribution is -2.52. The van der Waals surface area contributed by atoms with Crippen molar-refractivity contribution >= 4 is 5.97 Å². The van der Waals surface area contributed by atoms with Crippen molar-refractivity contribution in [3.63, 3.8) is 0 Å². The highest BCUT2D eigenvalue weighted by Gasteiger charge is 2.30. The summed E-state index contributed by atoms with van der Waals surface area (Å²) in [4.78, 5) is 12.9. The van der Waals surface area contributed by atoms with Crippen molar-refractivity contribution in [1.82, 2.24) is 4.90 Å². The van der Waals surface area contributed by atoms with Crippen LogP contribution in [-0.4, -0.2) is 34.6 Å². The number of rotatable bonds is 5. The lowest BCUT2D eigenvalue weighted by atomic mass is 9.97. The fourth-order valence-electron chi connectivity index (χ4n) is 2.00. The third kappa shape index (κ3) is 2.69. The van der Waals surface area contributed by atoms with Gasteiger partial charge in [0.2, 0.25) is 0 Å². The Hall–Kier alpha value is -0.570. The summed E-state index contributed by atoms with van der Waals surface area (Å²) >= 11 is 0. The molecule has 0 aliphatic carbocycles. The molecule has 0 aromatic carbocycles. The first-order valence-electron chi connectivity index (χ1n) is 5.12. The van der Waals surface area contributed by atoms with Gasteiger partial charge < -0.3 is 5.11 Å². The molecule has 13 heavy (non-hydrogen) atoms. The van der Waals surface area contributed by atoms with Crippen molar-refractivity contribution in [1.29, 1.82) is 0 Å². The summed E-state index contributed by atoms with van der Waals surface area (Å²) in [6.07, 6.45) is 3.61. The Balaban J connectivity index is 2.41. The highest BCUT2D eigenvalue weighted by Crippen LogP contribution is 2.24. The third-order valence-electron chi connectivity index (χ3n) is 2.87. The van der Waals surface area contributed by atoms with Crippen LogP contribution < -0.4 is 0 Å². The topological polar surface area (TPSA) is 40.5 Å². The van der Waals surface area contributed by atoms with Crippen LogP contribution in [-0.2, 0) is 4.79 Å². The smallest absolute Gasteiger partial charge is 0.304 e. The molecule has 1 N–H and O–H groups in total. The molecular formula is C10H19NO2. The molecule has 1 aliphatic heterocycles. The van der Waals surface area contributed by atoms with E-state index < -0.39 is 5.97 Å². The molecule has 0 amide bonds. The first kappa shape index (κ1) is 10.5. The van der Waals surface area contributed by atoms with Gasteiger partial charge in [0.1, 0.15) is 0 Å². The van der Waals surface area contributed by atoms with Gasteiger partial charge in [-0.2, -0.15) is 0 Å². The molecule has 0 aromatic heterocycles. The Bertz CT molecular complexity index is 182. The van der Waals surface area contributed by atoms with Crippen LogP contribution in [0.25, 0.3) is 0 Å². The number of carboxylic acids is 1. The Morgan fingerprint density at radius 3 is 2.69 bits per heavy atom. The molecule has 0 radical (unpaired) electrons. The summed E-state index contributed by atoms with van der Waals surface area (Å²) in [6.45, 7) is 5.37. The van der Waals surface area contributed by atoms with Crippen molar-refractivity contribution in [2.24, 2.45) is 0 Å². The molecule has 0 saturated carbocycles. The largest absolute Gasteiger partial charge is 0.481 e. The standard InChI is InChI=1S/C10H19NO2/c1-3-4-9(7-10(12)13)11-6-5-8(11)2/h8-9H,3-7H2,1-2H3,(H,12,13). The Morgan fingerprint density at radius 2 is 2.38 bits per heavy atom. The molecule has 3 heteroatoms. The lowest BCUT2D eigenvalue weighted by Gasteiger charge is -2.44. The maximum atomic E-state index is 10.6. The zero-order valence-electron chi connectivity index (χ0n) is 8.49. The van der Waals surface area contributed by atoms with Crippen molar-refractivity contribution in [3.05, 3.63) is 0 Å². The minimum Gasteiger partial charge on any atom is -0.481 e. The van der Waals surface area contributed by atoms with Gasteiger partial charge in [0.15, 0.2) is 0 Å². The van der Waals surface area contributed by atoms with E-state index in [4.69, 9.17) is 5.11 Å². The second-order valence-corrected chi connectivity index (χ2v) is 3.92. The summed E-state index contributed by atoms with van der Waals surface area (Å²) < 4.78 is 0. The molecule has 1 fully saturated rings. The van der Waals surface area contributed by atoms with Gasteiger partial charge in [0.05, 0.1) is 6.42 Å². The third-order valence-corrected chi connectivity index (χ3v) is 2.87. The quantitative estimate of drug-likeness (QED) is 0.709. The molecule has 0 bridgehead atoms. The SMILES string of the molecule is CCCC(CC(=O)O)N1CCC1C. The highest BCUT2D eigenvalue weighted by molar-refractivity contribution is 5.67. The van der Waals surface area contributed by atoms with Gasteiger partial charge in [0, 0.05) is 18.6 Å². The van der Waals surface area contributed by atoms with Gasteiger partial charge in [-0.05, 0) is 19.8 Å². The molecule has 1 aliphatic rings. The number of aliphatic carboxylic acids is 1. The van der Waals surface area contributed by atoms with Crippen molar-refractivity contribution in [2.45, 2.75) is 51.6 Å². The first-order chi connectivity index (χ1) is 6.15. The highest BCUT2D eigenvalue weighted by atomic mass is 16.4. The molecule has 1 saturated heterocycles. The molecule has 1 rings (SSSR count). The van der Waals surface area contributed by atoms with E-state index in [0.29, 0.717) is 12.5 Å². The Kier molecular flexibility index (Phi) is 3.72. The molecule has 1 heterocycles. The second kappa shape index (κ2) is 4.61. The van der Waals surface area contributed by atoms with Crippen LogP contribution in [0.4, 0.5) is 0 Å². The van der Waals surface area contributed by atoms with Gasteiger partial charge in [-0.25, -0.2) is 0 Å². The van der Waals surface area contributed by atoms with Crippen molar-refractivity contribution in [3.8, 4) is 0 Å². The van der Waals surface area contributed by atoms with Crippen LogP contribution in [0.5, 0.6) is 0 Å². The average Bonchev–Trinajstić information content (AvgIpc) is 2.01. The predicted octanol–water partition coefficient (Wildman–Crippen LogP) is 1.72. The number of likely N-dealkylation sites (tertiary alicyclic amines) is 1. The zero-order chi connectivity index (χ0) is 9.84. The van der Waals surface area contributed by atoms with Crippen LogP contribution in [0.1, 0.15) is 39.5 Å². The molecule has 76 valence electrons. The number of nitrogens with zero attached hydrogens (tertiary/aromatic N) is 1. The zero-order valence-corrected chi connectivity index (χ0v) is 8.49. The van der Waals surface area contributed by atoms with Gasteiger partial charge >= 0.3 is 5.97 Å². The normalized spacial score (nSPS) is 25.2. The summed E-state index contributed by atoms with van der Waals surface area (Å²) in [5.41, 5.74) is 0. The number of hydrogen-bond donors (Lipinski definition) is 1. The monoisotopic (exact) mass is 185 g/mol. The summed E-state index contributed by atoms with van der Waals surface area (Å²) in [5, 5.41) is 8.74. The van der Waals surface area contributed by atoms with Gasteiger partial charge in [-0.15, -0.1) is 0 Å². The number of carbonyl (C=O) groups is 1. The fraction of sp³-hybridized carbons (Fsp3) is 0.900. The number of hydrogen-bond acceptors (Lipinski definition) is 2. The lowest BCUT2D eigenvalue weighted by molar-refractivity contribution is -0.139. The van der Waals surface area contributed by atoms with Gasteiger partial charge in [-0.1, -0.05) is 13.3 Å². The minimum atomic E-state index is -0.669.